The molecule has 0 saturated heterocycles. The highest BCUT2D eigenvalue weighted by Gasteiger charge is 2.09. The minimum atomic E-state index is 0.0233. The summed E-state index contributed by atoms with van der Waals surface area (Å²) in [5.74, 6) is 1.74. The van der Waals surface area contributed by atoms with Gasteiger partial charge in [0.25, 0.3) is 0 Å². The maximum atomic E-state index is 12.0. The number of hydrogen-bond donors (Lipinski definition) is 1. The predicted molar refractivity (Wildman–Crippen MR) is 81.3 cm³/mol. The predicted octanol–water partition coefficient (Wildman–Crippen LogP) is 2.97. The van der Waals surface area contributed by atoms with Gasteiger partial charge in [-0.2, -0.15) is 0 Å². The SMILES string of the molecule is COc1cccc(CC(=O)NC(C)CCc2ccco2)c1. The number of amides is 1. The lowest BCUT2D eigenvalue weighted by atomic mass is 10.1. The Morgan fingerprint density at radius 3 is 2.90 bits per heavy atom. The first-order valence-corrected chi connectivity index (χ1v) is 7.12. The van der Waals surface area contributed by atoms with Crippen molar-refractivity contribution in [3.05, 3.63) is 54.0 Å². The van der Waals surface area contributed by atoms with E-state index in [1.807, 2.05) is 43.3 Å². The van der Waals surface area contributed by atoms with Crippen LogP contribution in [0.3, 0.4) is 0 Å². The Hall–Kier alpha value is -2.23. The van der Waals surface area contributed by atoms with E-state index in [0.717, 1.165) is 29.9 Å². The lowest BCUT2D eigenvalue weighted by Gasteiger charge is -2.13. The van der Waals surface area contributed by atoms with Crippen molar-refractivity contribution in [3.8, 4) is 5.75 Å². The van der Waals surface area contributed by atoms with E-state index >= 15 is 0 Å². The average Bonchev–Trinajstić information content (AvgIpc) is 2.98. The molecule has 1 N–H and O–H groups in total. The number of benzene rings is 1. The molecule has 2 aromatic rings. The summed E-state index contributed by atoms with van der Waals surface area (Å²) in [6.45, 7) is 2.01. The third kappa shape index (κ3) is 4.99. The number of rotatable bonds is 7. The Morgan fingerprint density at radius 2 is 2.19 bits per heavy atom. The summed E-state index contributed by atoms with van der Waals surface area (Å²) in [6.07, 6.45) is 3.72. The molecule has 0 aliphatic carbocycles. The quantitative estimate of drug-likeness (QED) is 0.851. The van der Waals surface area contributed by atoms with Crippen molar-refractivity contribution < 1.29 is 13.9 Å². The molecule has 112 valence electrons. The van der Waals surface area contributed by atoms with E-state index in [9.17, 15) is 4.79 Å². The summed E-state index contributed by atoms with van der Waals surface area (Å²) < 4.78 is 10.4. The van der Waals surface area contributed by atoms with Gasteiger partial charge in [0.05, 0.1) is 19.8 Å². The third-order valence-electron chi connectivity index (χ3n) is 3.31. The number of ether oxygens (including phenoxy) is 1. The lowest BCUT2D eigenvalue weighted by Crippen LogP contribution is -2.34. The van der Waals surface area contributed by atoms with Crippen LogP contribution in [0.5, 0.6) is 5.75 Å². The molecule has 1 amide bonds. The number of furan rings is 1. The van der Waals surface area contributed by atoms with E-state index in [1.165, 1.54) is 0 Å². The highest BCUT2D eigenvalue weighted by molar-refractivity contribution is 5.78. The first-order chi connectivity index (χ1) is 10.2. The number of methoxy groups -OCH3 is 1. The first kappa shape index (κ1) is 15.2. The zero-order valence-corrected chi connectivity index (χ0v) is 12.5. The van der Waals surface area contributed by atoms with E-state index in [2.05, 4.69) is 5.32 Å². The van der Waals surface area contributed by atoms with Crippen LogP contribution >= 0.6 is 0 Å². The molecule has 0 radical (unpaired) electrons. The first-order valence-electron chi connectivity index (χ1n) is 7.12. The fraction of sp³-hybridized carbons (Fsp3) is 0.353. The standard InChI is InChI=1S/C17H21NO3/c1-13(8-9-15-7-4-10-21-15)18-17(19)12-14-5-3-6-16(11-14)20-2/h3-7,10-11,13H,8-9,12H2,1-2H3,(H,18,19). The van der Waals surface area contributed by atoms with Gasteiger partial charge in [0.1, 0.15) is 11.5 Å². The Labute approximate surface area is 125 Å². The van der Waals surface area contributed by atoms with Crippen molar-refractivity contribution in [2.45, 2.75) is 32.2 Å². The second kappa shape index (κ2) is 7.53. The molecular formula is C17H21NO3. The number of hydrogen-bond acceptors (Lipinski definition) is 3. The normalized spacial score (nSPS) is 11.9. The van der Waals surface area contributed by atoms with Crippen molar-refractivity contribution in [2.75, 3.05) is 7.11 Å². The fourth-order valence-corrected chi connectivity index (χ4v) is 2.18. The van der Waals surface area contributed by atoms with Gasteiger partial charge < -0.3 is 14.5 Å². The molecule has 0 bridgehead atoms. The molecule has 0 fully saturated rings. The molecule has 1 atom stereocenters. The Kier molecular flexibility index (Phi) is 5.43. The van der Waals surface area contributed by atoms with Crippen molar-refractivity contribution >= 4 is 5.91 Å². The molecule has 0 saturated carbocycles. The van der Waals surface area contributed by atoms with Crippen LogP contribution in [-0.2, 0) is 17.6 Å². The third-order valence-corrected chi connectivity index (χ3v) is 3.31. The molecule has 4 nitrogen and oxygen atoms in total. The van der Waals surface area contributed by atoms with Gasteiger partial charge in [-0.25, -0.2) is 0 Å². The van der Waals surface area contributed by atoms with Gasteiger partial charge in [-0.3, -0.25) is 4.79 Å². The molecule has 0 spiro atoms. The lowest BCUT2D eigenvalue weighted by molar-refractivity contribution is -0.121. The van der Waals surface area contributed by atoms with Gasteiger partial charge in [0, 0.05) is 12.5 Å². The van der Waals surface area contributed by atoms with Gasteiger partial charge in [-0.1, -0.05) is 12.1 Å². The van der Waals surface area contributed by atoms with Crippen LogP contribution in [0.25, 0.3) is 0 Å². The zero-order chi connectivity index (χ0) is 15.1. The maximum absolute atomic E-state index is 12.0. The van der Waals surface area contributed by atoms with Crippen LogP contribution in [0.2, 0.25) is 0 Å². The van der Waals surface area contributed by atoms with E-state index in [1.54, 1.807) is 13.4 Å². The van der Waals surface area contributed by atoms with Crippen LogP contribution in [0.4, 0.5) is 0 Å². The van der Waals surface area contributed by atoms with E-state index in [4.69, 9.17) is 9.15 Å². The van der Waals surface area contributed by atoms with Gasteiger partial charge in [0.2, 0.25) is 5.91 Å². The summed E-state index contributed by atoms with van der Waals surface area (Å²) in [5, 5.41) is 3.01. The molecule has 21 heavy (non-hydrogen) atoms. The molecule has 2 rings (SSSR count). The second-order valence-electron chi connectivity index (χ2n) is 5.11. The summed E-state index contributed by atoms with van der Waals surface area (Å²) in [4.78, 5) is 12.0. The Morgan fingerprint density at radius 1 is 1.33 bits per heavy atom. The molecule has 0 aliphatic heterocycles. The van der Waals surface area contributed by atoms with E-state index in [-0.39, 0.29) is 11.9 Å². The van der Waals surface area contributed by atoms with Gasteiger partial charge in [-0.05, 0) is 43.2 Å². The van der Waals surface area contributed by atoms with Crippen LogP contribution in [0, 0.1) is 0 Å². The van der Waals surface area contributed by atoms with E-state index < -0.39 is 0 Å². The molecule has 1 unspecified atom stereocenters. The van der Waals surface area contributed by atoms with Crippen LogP contribution in [-0.4, -0.2) is 19.1 Å². The van der Waals surface area contributed by atoms with Crippen LogP contribution in [0.1, 0.15) is 24.7 Å². The largest absolute Gasteiger partial charge is 0.497 e. The maximum Gasteiger partial charge on any atom is 0.224 e. The zero-order valence-electron chi connectivity index (χ0n) is 12.5. The number of nitrogens with one attached hydrogen (secondary N) is 1. The van der Waals surface area contributed by atoms with Gasteiger partial charge in [-0.15, -0.1) is 0 Å². The summed E-state index contributed by atoms with van der Waals surface area (Å²) >= 11 is 0. The number of carbonyl (C=O) groups excluding carboxylic acids is 1. The second-order valence-corrected chi connectivity index (χ2v) is 5.11. The monoisotopic (exact) mass is 287 g/mol. The summed E-state index contributed by atoms with van der Waals surface area (Å²) in [7, 11) is 1.62. The number of carbonyl (C=O) groups is 1. The smallest absolute Gasteiger partial charge is 0.224 e. The summed E-state index contributed by atoms with van der Waals surface area (Å²) in [6, 6.07) is 11.5. The van der Waals surface area contributed by atoms with Gasteiger partial charge in [0.15, 0.2) is 0 Å². The average molecular weight is 287 g/mol. The van der Waals surface area contributed by atoms with Crippen LogP contribution < -0.4 is 10.1 Å². The molecule has 4 heteroatoms. The van der Waals surface area contributed by atoms with Crippen molar-refractivity contribution in [2.24, 2.45) is 0 Å². The van der Waals surface area contributed by atoms with Crippen LogP contribution in [0.15, 0.2) is 47.1 Å². The minimum Gasteiger partial charge on any atom is -0.497 e. The molecular weight excluding hydrogens is 266 g/mol. The Bertz CT molecular complexity index is 563. The highest BCUT2D eigenvalue weighted by atomic mass is 16.5. The minimum absolute atomic E-state index is 0.0233. The molecule has 1 aromatic heterocycles. The van der Waals surface area contributed by atoms with Gasteiger partial charge >= 0.3 is 0 Å². The Balaban J connectivity index is 1.77. The van der Waals surface area contributed by atoms with Crippen molar-refractivity contribution in [3.63, 3.8) is 0 Å². The highest BCUT2D eigenvalue weighted by Crippen LogP contribution is 2.13. The molecule has 1 aromatic carbocycles. The topological polar surface area (TPSA) is 51.5 Å². The number of aryl methyl sites for hydroxylation is 1. The fourth-order valence-electron chi connectivity index (χ4n) is 2.18. The summed E-state index contributed by atoms with van der Waals surface area (Å²) in [5.41, 5.74) is 0.949. The molecule has 1 heterocycles. The molecule has 0 aliphatic rings. The van der Waals surface area contributed by atoms with E-state index in [0.29, 0.717) is 6.42 Å². The van der Waals surface area contributed by atoms with Crippen molar-refractivity contribution in [1.82, 2.24) is 5.32 Å². The van der Waals surface area contributed by atoms with Crippen molar-refractivity contribution in [1.29, 1.82) is 0 Å².